The number of sulfonamides is 1. The number of halogens is 1. The van der Waals surface area contributed by atoms with Crippen LogP contribution in [-0.2, 0) is 16.6 Å². The Labute approximate surface area is 230 Å². The van der Waals surface area contributed by atoms with Crippen LogP contribution in [0.1, 0.15) is 28.8 Å². The topological polar surface area (TPSA) is 70.2 Å². The summed E-state index contributed by atoms with van der Waals surface area (Å²) < 4.78 is 48.0. The number of methoxy groups -OCH3 is 1. The van der Waals surface area contributed by atoms with Gasteiger partial charge in [0.1, 0.15) is 11.6 Å². The Bertz CT molecular complexity index is 1350. The number of piperidine rings is 1. The summed E-state index contributed by atoms with van der Waals surface area (Å²) in [5.74, 6) is 0.0290. The van der Waals surface area contributed by atoms with E-state index in [0.29, 0.717) is 49.5 Å². The minimum absolute atomic E-state index is 0.0330. The molecule has 0 saturated carbocycles. The third-order valence-corrected chi connectivity index (χ3v) is 8.90. The van der Waals surface area contributed by atoms with E-state index in [-0.39, 0.29) is 29.0 Å². The van der Waals surface area contributed by atoms with E-state index in [2.05, 4.69) is 4.90 Å². The molecule has 1 fully saturated rings. The fourth-order valence-corrected chi connectivity index (χ4v) is 6.43. The van der Waals surface area contributed by atoms with Crippen LogP contribution in [0.4, 0.5) is 10.1 Å². The van der Waals surface area contributed by atoms with Gasteiger partial charge in [0.05, 0.1) is 17.7 Å². The number of para-hydroxylation sites is 2. The zero-order chi connectivity index (χ0) is 28.0. The van der Waals surface area contributed by atoms with Crippen molar-refractivity contribution in [3.05, 3.63) is 89.7 Å². The van der Waals surface area contributed by atoms with E-state index < -0.39 is 10.0 Å². The van der Waals surface area contributed by atoms with Crippen molar-refractivity contribution in [1.82, 2.24) is 9.80 Å². The summed E-state index contributed by atoms with van der Waals surface area (Å²) in [4.78, 5) is 17.3. The van der Waals surface area contributed by atoms with Gasteiger partial charge in [-0.05, 0) is 94.1 Å². The molecule has 3 aromatic carbocycles. The summed E-state index contributed by atoms with van der Waals surface area (Å²) in [6.07, 6.45) is 1.34. The lowest BCUT2D eigenvalue weighted by atomic mass is 9.89. The van der Waals surface area contributed by atoms with Crippen molar-refractivity contribution < 1.29 is 22.3 Å². The first-order chi connectivity index (χ1) is 18.7. The van der Waals surface area contributed by atoms with Gasteiger partial charge in [-0.1, -0.05) is 24.3 Å². The molecule has 0 radical (unpaired) electrons. The molecule has 1 aliphatic rings. The zero-order valence-electron chi connectivity index (χ0n) is 22.7. The van der Waals surface area contributed by atoms with Gasteiger partial charge in [-0.15, -0.1) is 0 Å². The summed E-state index contributed by atoms with van der Waals surface area (Å²) in [6.45, 7) is 2.82. The van der Waals surface area contributed by atoms with Crippen molar-refractivity contribution in [2.75, 3.05) is 51.7 Å². The highest BCUT2D eigenvalue weighted by Crippen LogP contribution is 2.32. The molecular weight excluding hydrogens is 517 g/mol. The number of ether oxygens (including phenoxy) is 1. The van der Waals surface area contributed by atoms with Gasteiger partial charge >= 0.3 is 0 Å². The van der Waals surface area contributed by atoms with E-state index in [1.165, 1.54) is 35.7 Å². The van der Waals surface area contributed by atoms with Crippen molar-refractivity contribution in [2.24, 2.45) is 5.92 Å². The fourth-order valence-electron chi connectivity index (χ4n) is 4.97. The van der Waals surface area contributed by atoms with Gasteiger partial charge in [0.2, 0.25) is 0 Å². The molecule has 0 atom stereocenters. The first-order valence-corrected chi connectivity index (χ1v) is 14.5. The molecule has 3 aromatic rings. The van der Waals surface area contributed by atoms with E-state index in [4.69, 9.17) is 4.74 Å². The largest absolute Gasteiger partial charge is 0.495 e. The molecule has 0 spiro atoms. The molecule has 0 aromatic heterocycles. The number of Topliss-reactive ketones (excluding diaryl/α,β-unsaturated/α-hetero) is 1. The predicted molar refractivity (Wildman–Crippen MR) is 151 cm³/mol. The molecule has 1 saturated heterocycles. The maximum atomic E-state index is 13.9. The summed E-state index contributed by atoms with van der Waals surface area (Å²) >= 11 is 0. The smallest absolute Gasteiger partial charge is 0.264 e. The summed E-state index contributed by atoms with van der Waals surface area (Å²) in [7, 11) is 1.60. The van der Waals surface area contributed by atoms with E-state index in [0.717, 1.165) is 12.1 Å². The Balaban J connectivity index is 1.48. The van der Waals surface area contributed by atoms with Gasteiger partial charge in [-0.2, -0.15) is 0 Å². The number of carbonyl (C=O) groups excluding carboxylic acids is 1. The third-order valence-electron chi connectivity index (χ3n) is 7.07. The Kier molecular flexibility index (Phi) is 9.37. The standard InChI is InChI=1S/C30H36FN3O4S/c1-32(2)22-23-8-14-27(15-9-23)39(36,37)34(28-6-4-5-7-29(28)38-3)21-20-33-18-16-25(17-19-33)30(35)24-10-12-26(31)13-11-24/h4-15,25H,16-22H2,1-3H3. The van der Waals surface area contributed by atoms with Crippen LogP contribution in [0.3, 0.4) is 0 Å². The van der Waals surface area contributed by atoms with E-state index in [1.54, 1.807) is 30.3 Å². The maximum Gasteiger partial charge on any atom is 0.264 e. The van der Waals surface area contributed by atoms with Crippen molar-refractivity contribution in [2.45, 2.75) is 24.3 Å². The second-order valence-electron chi connectivity index (χ2n) is 10.1. The predicted octanol–water partition coefficient (Wildman–Crippen LogP) is 4.69. The molecule has 0 amide bonds. The molecule has 1 aliphatic heterocycles. The van der Waals surface area contributed by atoms with E-state index in [9.17, 15) is 17.6 Å². The van der Waals surface area contributed by atoms with Crippen LogP contribution in [0, 0.1) is 11.7 Å². The van der Waals surface area contributed by atoms with Gasteiger partial charge in [0, 0.05) is 31.1 Å². The lowest BCUT2D eigenvalue weighted by molar-refractivity contribution is 0.0843. The highest BCUT2D eigenvalue weighted by molar-refractivity contribution is 7.92. The van der Waals surface area contributed by atoms with Gasteiger partial charge in [-0.25, -0.2) is 12.8 Å². The minimum Gasteiger partial charge on any atom is -0.495 e. The van der Waals surface area contributed by atoms with Crippen LogP contribution in [0.5, 0.6) is 5.75 Å². The maximum absolute atomic E-state index is 13.9. The monoisotopic (exact) mass is 553 g/mol. The first-order valence-electron chi connectivity index (χ1n) is 13.1. The van der Waals surface area contributed by atoms with Gasteiger partial charge < -0.3 is 14.5 Å². The van der Waals surface area contributed by atoms with Gasteiger partial charge in [0.25, 0.3) is 10.0 Å². The number of benzene rings is 3. The normalized spacial score (nSPS) is 14.9. The van der Waals surface area contributed by atoms with Crippen molar-refractivity contribution in [3.63, 3.8) is 0 Å². The molecule has 0 bridgehead atoms. The molecule has 0 unspecified atom stereocenters. The Morgan fingerprint density at radius 2 is 1.62 bits per heavy atom. The summed E-state index contributed by atoms with van der Waals surface area (Å²) in [5.41, 5.74) is 2.04. The van der Waals surface area contributed by atoms with Gasteiger partial charge in [-0.3, -0.25) is 9.10 Å². The number of nitrogens with zero attached hydrogens (tertiary/aromatic N) is 3. The number of ketones is 1. The number of rotatable bonds is 11. The van der Waals surface area contributed by atoms with Crippen LogP contribution in [-0.4, -0.2) is 71.4 Å². The summed E-state index contributed by atoms with van der Waals surface area (Å²) in [6, 6.07) is 19.8. The van der Waals surface area contributed by atoms with E-state index >= 15 is 0 Å². The number of likely N-dealkylation sites (tertiary alicyclic amines) is 1. The molecule has 0 N–H and O–H groups in total. The quantitative estimate of drug-likeness (QED) is 0.321. The second-order valence-corrected chi connectivity index (χ2v) is 12.0. The van der Waals surface area contributed by atoms with Crippen LogP contribution in [0.25, 0.3) is 0 Å². The lowest BCUT2D eigenvalue weighted by Gasteiger charge is -2.33. The van der Waals surface area contributed by atoms with Crippen molar-refractivity contribution in [1.29, 1.82) is 0 Å². The van der Waals surface area contributed by atoms with Crippen molar-refractivity contribution in [3.8, 4) is 5.75 Å². The van der Waals surface area contributed by atoms with Crippen LogP contribution < -0.4 is 9.04 Å². The molecule has 1 heterocycles. The number of carbonyl (C=O) groups is 1. The lowest BCUT2D eigenvalue weighted by Crippen LogP contribution is -2.43. The molecule has 9 heteroatoms. The Morgan fingerprint density at radius 1 is 0.974 bits per heavy atom. The third kappa shape index (κ3) is 7.03. The number of hydrogen-bond donors (Lipinski definition) is 0. The highest BCUT2D eigenvalue weighted by atomic mass is 32.2. The molecule has 7 nitrogen and oxygen atoms in total. The zero-order valence-corrected chi connectivity index (χ0v) is 23.5. The van der Waals surface area contributed by atoms with E-state index in [1.807, 2.05) is 37.2 Å². The summed E-state index contributed by atoms with van der Waals surface area (Å²) in [5, 5.41) is 0. The highest BCUT2D eigenvalue weighted by Gasteiger charge is 2.30. The second kappa shape index (κ2) is 12.7. The Morgan fingerprint density at radius 3 is 2.23 bits per heavy atom. The molecular formula is C30H36FN3O4S. The average Bonchev–Trinajstić information content (AvgIpc) is 2.93. The van der Waals surface area contributed by atoms with Crippen LogP contribution in [0.15, 0.2) is 77.7 Å². The number of anilines is 1. The van der Waals surface area contributed by atoms with Crippen LogP contribution >= 0.6 is 0 Å². The molecule has 39 heavy (non-hydrogen) atoms. The molecule has 208 valence electrons. The average molecular weight is 554 g/mol. The fraction of sp³-hybridized carbons (Fsp3) is 0.367. The molecule has 4 rings (SSSR count). The van der Waals surface area contributed by atoms with Gasteiger partial charge in [0.15, 0.2) is 5.78 Å². The number of hydrogen-bond acceptors (Lipinski definition) is 6. The minimum atomic E-state index is -3.87. The Hall–Kier alpha value is -3.27. The van der Waals surface area contributed by atoms with Crippen LogP contribution in [0.2, 0.25) is 0 Å². The van der Waals surface area contributed by atoms with Crippen molar-refractivity contribution >= 4 is 21.5 Å². The first kappa shape index (κ1) is 28.7. The molecule has 0 aliphatic carbocycles. The SMILES string of the molecule is COc1ccccc1N(CCN1CCC(C(=O)c2ccc(F)cc2)CC1)S(=O)(=O)c1ccc(CN(C)C)cc1.